The number of carboxylic acid groups (broad SMARTS) is 2. The van der Waals surface area contributed by atoms with Gasteiger partial charge in [-0.05, 0) is 148 Å². The molecule has 200 valence electrons. The van der Waals surface area contributed by atoms with Crippen LogP contribution >= 0.6 is 147 Å². The number of ether oxygens (including phenoxy) is 2. The number of nitrogens with one attached hydrogen (secondary N) is 2. The molecule has 0 saturated heterocycles. The monoisotopic (exact) mass is 1200 g/mol. The first-order valence-corrected chi connectivity index (χ1v) is 16.9. The van der Waals surface area contributed by atoms with E-state index in [1.54, 1.807) is 26.2 Å². The van der Waals surface area contributed by atoms with Gasteiger partial charge in [-0.1, -0.05) is 11.8 Å². The van der Waals surface area contributed by atoms with Crippen molar-refractivity contribution >= 4 is 183 Å². The second kappa shape index (κ2) is 15.0. The number of carbonyl (C=O) groups is 4. The Kier molecular flexibility index (Phi) is 13.8. The number of rotatable bonds is 10. The van der Waals surface area contributed by atoms with Crippen molar-refractivity contribution in [1.82, 2.24) is 0 Å². The van der Waals surface area contributed by atoms with Crippen LogP contribution in [0.25, 0.3) is 0 Å². The van der Waals surface area contributed by atoms with Crippen LogP contribution in [0.2, 0.25) is 0 Å². The van der Waals surface area contributed by atoms with E-state index < -0.39 is 34.7 Å². The maximum atomic E-state index is 13.0. The Bertz CT molecular complexity index is 1180. The van der Waals surface area contributed by atoms with Crippen LogP contribution in [0.1, 0.15) is 20.7 Å². The average molecular weight is 1200 g/mol. The van der Waals surface area contributed by atoms with Crippen molar-refractivity contribution in [2.75, 3.05) is 24.7 Å². The standard InChI is InChI=1S/C20H14I6N2O8S/c1-27-13-7(23)3-5(21)9(11(13)25)17(33)35-19(15(29)30)37-20(16(31)32)36-18(34)10-6(22)4-8(24)14(28-2)12(10)26/h3-4,19-20,27-28H,1-2H3,(H,29,30)(H,31,32). The zero-order chi connectivity index (χ0) is 28.2. The minimum atomic E-state index is -1.96. The van der Waals surface area contributed by atoms with Crippen LogP contribution in [-0.2, 0) is 19.1 Å². The molecule has 0 bridgehead atoms. The lowest BCUT2D eigenvalue weighted by atomic mass is 10.2. The number of hydrogen-bond acceptors (Lipinski definition) is 9. The highest BCUT2D eigenvalue weighted by Gasteiger charge is 2.36. The molecule has 2 unspecified atom stereocenters. The van der Waals surface area contributed by atoms with Gasteiger partial charge in [-0.3, -0.25) is 0 Å². The molecule has 0 amide bonds. The predicted molar refractivity (Wildman–Crippen MR) is 190 cm³/mol. The number of aliphatic carboxylic acids is 2. The normalized spacial score (nSPS) is 12.3. The SMILES string of the molecule is CNc1c(I)cc(I)c(C(=O)OC(SC(OC(=O)c2c(I)cc(I)c(NC)c2I)C(=O)O)C(=O)O)c1I. The van der Waals surface area contributed by atoms with Gasteiger partial charge in [0.1, 0.15) is 0 Å². The number of hydrogen-bond donors (Lipinski definition) is 4. The number of benzene rings is 2. The fraction of sp³-hybridized carbons (Fsp3) is 0.200. The van der Waals surface area contributed by atoms with Crippen molar-refractivity contribution in [3.63, 3.8) is 0 Å². The van der Waals surface area contributed by atoms with Gasteiger partial charge in [-0.2, -0.15) is 0 Å². The molecule has 0 aromatic heterocycles. The number of halogens is 6. The lowest BCUT2D eigenvalue weighted by Gasteiger charge is -2.20. The van der Waals surface area contributed by atoms with Gasteiger partial charge in [0.05, 0.1) is 29.6 Å². The first-order valence-electron chi connectivity index (χ1n) is 9.48. The van der Waals surface area contributed by atoms with E-state index in [1.165, 1.54) is 0 Å². The molecule has 37 heavy (non-hydrogen) atoms. The molecule has 2 aromatic rings. The minimum Gasteiger partial charge on any atom is -0.478 e. The molecule has 0 fully saturated rings. The smallest absolute Gasteiger partial charge is 0.356 e. The average Bonchev–Trinajstić information content (AvgIpc) is 2.77. The summed E-state index contributed by atoms with van der Waals surface area (Å²) in [6, 6.07) is 3.44. The van der Waals surface area contributed by atoms with E-state index in [9.17, 15) is 29.4 Å². The molecule has 0 radical (unpaired) electrons. The summed E-state index contributed by atoms with van der Waals surface area (Å²) in [6.07, 6.45) is 0. The fourth-order valence-corrected chi connectivity index (χ4v) is 12.2. The molecule has 17 heteroatoms. The lowest BCUT2D eigenvalue weighted by molar-refractivity contribution is -0.143. The lowest BCUT2D eigenvalue weighted by Crippen LogP contribution is -2.32. The Labute approximate surface area is 297 Å². The van der Waals surface area contributed by atoms with Gasteiger partial charge in [0.15, 0.2) is 0 Å². The third-order valence-corrected chi connectivity index (χ3v) is 11.0. The van der Waals surface area contributed by atoms with Crippen LogP contribution in [0.4, 0.5) is 11.4 Å². The first-order chi connectivity index (χ1) is 17.2. The zero-order valence-corrected chi connectivity index (χ0v) is 32.1. The first kappa shape index (κ1) is 33.9. The summed E-state index contributed by atoms with van der Waals surface area (Å²) in [4.78, 5) is 49.7. The van der Waals surface area contributed by atoms with E-state index in [0.717, 1.165) is 7.14 Å². The number of thioether (sulfide) groups is 1. The molecular formula is C20H14I6N2O8S. The number of esters is 2. The van der Waals surface area contributed by atoms with E-state index in [-0.39, 0.29) is 22.9 Å². The molecule has 2 atom stereocenters. The maximum absolute atomic E-state index is 13.0. The van der Waals surface area contributed by atoms with Crippen molar-refractivity contribution in [3.8, 4) is 0 Å². The fourth-order valence-electron chi connectivity index (χ4n) is 2.71. The van der Waals surface area contributed by atoms with Crippen molar-refractivity contribution < 1.29 is 38.9 Å². The molecule has 0 aliphatic heterocycles. The Morgan fingerprint density at radius 3 is 1.30 bits per heavy atom. The van der Waals surface area contributed by atoms with Crippen molar-refractivity contribution in [2.24, 2.45) is 0 Å². The largest absolute Gasteiger partial charge is 0.478 e. The van der Waals surface area contributed by atoms with E-state index in [1.807, 2.05) is 90.4 Å². The topological polar surface area (TPSA) is 151 Å². The molecule has 2 rings (SSSR count). The summed E-state index contributed by atoms with van der Waals surface area (Å²) in [7, 11) is 3.36. The van der Waals surface area contributed by atoms with E-state index in [2.05, 4.69) is 55.8 Å². The summed E-state index contributed by atoms with van der Waals surface area (Å²) in [5, 5.41) is 25.3. The summed E-state index contributed by atoms with van der Waals surface area (Å²) in [5.74, 6) is -5.14. The molecule has 0 saturated carbocycles. The van der Waals surface area contributed by atoms with E-state index in [0.29, 0.717) is 25.7 Å². The molecule has 2 aromatic carbocycles. The van der Waals surface area contributed by atoms with E-state index >= 15 is 0 Å². The number of anilines is 2. The maximum Gasteiger partial charge on any atom is 0.356 e. The highest BCUT2D eigenvalue weighted by Crippen LogP contribution is 2.35. The predicted octanol–water partition coefficient (Wildman–Crippen LogP) is 5.97. The Morgan fingerprint density at radius 2 is 1.03 bits per heavy atom. The van der Waals surface area contributed by atoms with Crippen LogP contribution < -0.4 is 10.6 Å². The van der Waals surface area contributed by atoms with Gasteiger partial charge in [0.25, 0.3) is 0 Å². The van der Waals surface area contributed by atoms with Gasteiger partial charge in [0, 0.05) is 28.4 Å². The second-order valence-electron chi connectivity index (χ2n) is 6.60. The summed E-state index contributed by atoms with van der Waals surface area (Å²) >= 11 is 12.1. The second-order valence-corrected chi connectivity index (χ2v) is 14.5. The number of carboxylic acids is 2. The van der Waals surface area contributed by atoms with Gasteiger partial charge < -0.3 is 30.3 Å². The van der Waals surface area contributed by atoms with Crippen molar-refractivity contribution in [2.45, 2.75) is 10.9 Å². The molecule has 0 aliphatic carbocycles. The van der Waals surface area contributed by atoms with Crippen LogP contribution in [0.5, 0.6) is 0 Å². The molecular weight excluding hydrogens is 1190 g/mol. The zero-order valence-electron chi connectivity index (χ0n) is 18.3. The Balaban J connectivity index is 2.34. The summed E-state index contributed by atoms with van der Waals surface area (Å²) in [5.41, 5.74) is -2.35. The molecule has 0 spiro atoms. The van der Waals surface area contributed by atoms with Crippen LogP contribution in [0.3, 0.4) is 0 Å². The van der Waals surface area contributed by atoms with Crippen molar-refractivity contribution in [3.05, 3.63) is 44.7 Å². The Morgan fingerprint density at radius 1 is 0.703 bits per heavy atom. The van der Waals surface area contributed by atoms with E-state index in [4.69, 9.17) is 9.47 Å². The highest BCUT2D eigenvalue weighted by atomic mass is 127. The van der Waals surface area contributed by atoms with Gasteiger partial charge in [-0.25, -0.2) is 19.2 Å². The third kappa shape index (κ3) is 8.34. The molecule has 0 aliphatic rings. The molecule has 4 N–H and O–H groups in total. The van der Waals surface area contributed by atoms with Gasteiger partial charge in [0.2, 0.25) is 10.9 Å². The third-order valence-electron chi connectivity index (χ3n) is 4.33. The van der Waals surface area contributed by atoms with Crippen LogP contribution in [-0.4, -0.2) is 59.1 Å². The van der Waals surface area contributed by atoms with Crippen LogP contribution in [0, 0.1) is 21.4 Å². The molecule has 10 nitrogen and oxygen atoms in total. The summed E-state index contributed by atoms with van der Waals surface area (Å²) < 4.78 is 14.1. The van der Waals surface area contributed by atoms with Gasteiger partial charge in [-0.15, -0.1) is 0 Å². The molecule has 0 heterocycles. The number of carbonyl (C=O) groups excluding carboxylic acids is 2. The van der Waals surface area contributed by atoms with Gasteiger partial charge >= 0.3 is 23.9 Å². The minimum absolute atomic E-state index is 0.129. The van der Waals surface area contributed by atoms with Crippen LogP contribution in [0.15, 0.2) is 12.1 Å². The van der Waals surface area contributed by atoms with Crippen molar-refractivity contribution in [1.29, 1.82) is 0 Å². The summed E-state index contributed by atoms with van der Waals surface area (Å²) in [6.45, 7) is 0. The Hall–Kier alpha value is 0.650. The highest BCUT2D eigenvalue weighted by molar-refractivity contribution is 14.1. The quantitative estimate of drug-likeness (QED) is 0.127.